The Kier molecular flexibility index (Phi) is 3.91. The van der Waals surface area contributed by atoms with Crippen LogP contribution in [0.4, 0.5) is 30.7 Å². The first-order valence-electron chi connectivity index (χ1n) is 2.70. The second kappa shape index (κ2) is 3.90. The quantitative estimate of drug-likeness (QED) is 0.550. The van der Waals surface area contributed by atoms with E-state index in [2.05, 4.69) is 27.9 Å². The van der Waals surface area contributed by atoms with Gasteiger partial charge in [0.1, 0.15) is 0 Å². The lowest BCUT2D eigenvalue weighted by atomic mass is 10.3. The van der Waals surface area contributed by atoms with E-state index in [9.17, 15) is 30.7 Å². The van der Waals surface area contributed by atoms with E-state index in [1.807, 2.05) is 0 Å². The van der Waals surface area contributed by atoms with Gasteiger partial charge in [0.2, 0.25) is 5.02 Å². The second-order valence-corrected chi connectivity index (χ2v) is 2.99. The number of ether oxygens (including phenoxy) is 1. The van der Waals surface area contributed by atoms with E-state index in [0.717, 1.165) is 0 Å². The van der Waals surface area contributed by atoms with E-state index >= 15 is 0 Å². The Morgan fingerprint density at radius 3 is 1.14 bits per heavy atom. The maximum absolute atomic E-state index is 12.4. The van der Waals surface area contributed by atoms with Crippen molar-refractivity contribution in [3.63, 3.8) is 0 Å². The SMILES string of the molecule is FC(F)(F)C(F)(OC(Cl)Cl)C(F)(F)F. The molecule has 0 rings (SSSR count). The van der Waals surface area contributed by atoms with Crippen molar-refractivity contribution in [3.05, 3.63) is 0 Å². The molecule has 0 aromatic carbocycles. The highest BCUT2D eigenvalue weighted by molar-refractivity contribution is 6.43. The molecule has 0 aromatic rings. The largest absolute Gasteiger partial charge is 0.458 e. The van der Waals surface area contributed by atoms with Crippen LogP contribution < -0.4 is 0 Å². The number of halogens is 9. The van der Waals surface area contributed by atoms with Crippen LogP contribution in [-0.4, -0.2) is 23.2 Å². The minimum atomic E-state index is -6.31. The Hall–Kier alpha value is 0.0500. The predicted molar refractivity (Wildman–Crippen MR) is 32.5 cm³/mol. The molecular weight excluding hydrogens is 268 g/mol. The van der Waals surface area contributed by atoms with Gasteiger partial charge in [0.05, 0.1) is 0 Å². The monoisotopic (exact) mass is 268 g/mol. The Bertz CT molecular complexity index is 183. The maximum Gasteiger partial charge on any atom is 0.458 e. The van der Waals surface area contributed by atoms with Crippen molar-refractivity contribution in [2.24, 2.45) is 0 Å². The molecule has 0 fully saturated rings. The van der Waals surface area contributed by atoms with E-state index < -0.39 is 23.2 Å². The molecule has 0 radical (unpaired) electrons. The molecule has 0 saturated heterocycles. The molecule has 14 heavy (non-hydrogen) atoms. The summed E-state index contributed by atoms with van der Waals surface area (Å²) in [6.45, 7) is 0. The lowest BCUT2D eigenvalue weighted by Crippen LogP contribution is -2.55. The minimum Gasteiger partial charge on any atom is -0.298 e. The van der Waals surface area contributed by atoms with Crippen LogP contribution in [-0.2, 0) is 4.74 Å². The van der Waals surface area contributed by atoms with Gasteiger partial charge >= 0.3 is 18.2 Å². The van der Waals surface area contributed by atoms with Gasteiger partial charge in [-0.2, -0.15) is 30.7 Å². The highest BCUT2D eigenvalue weighted by atomic mass is 35.5. The molecule has 0 unspecified atom stereocenters. The van der Waals surface area contributed by atoms with Crippen LogP contribution >= 0.6 is 23.2 Å². The van der Waals surface area contributed by atoms with Crippen molar-refractivity contribution in [1.29, 1.82) is 0 Å². The van der Waals surface area contributed by atoms with Crippen LogP contribution in [0, 0.1) is 0 Å². The highest BCUT2D eigenvalue weighted by Gasteiger charge is 2.75. The van der Waals surface area contributed by atoms with Crippen LogP contribution in [0.3, 0.4) is 0 Å². The topological polar surface area (TPSA) is 9.23 Å². The molecule has 0 atom stereocenters. The van der Waals surface area contributed by atoms with Gasteiger partial charge in [0.25, 0.3) is 0 Å². The molecule has 0 bridgehead atoms. The van der Waals surface area contributed by atoms with Gasteiger partial charge in [0.15, 0.2) is 0 Å². The third-order valence-electron chi connectivity index (χ3n) is 0.981. The Morgan fingerprint density at radius 2 is 1.07 bits per heavy atom. The maximum atomic E-state index is 12.4. The smallest absolute Gasteiger partial charge is 0.298 e. The summed E-state index contributed by atoms with van der Waals surface area (Å²) in [6.07, 6.45) is -12.6. The molecule has 0 N–H and O–H groups in total. The number of hydrogen-bond donors (Lipinski definition) is 0. The fourth-order valence-corrected chi connectivity index (χ4v) is 0.663. The van der Waals surface area contributed by atoms with E-state index in [-0.39, 0.29) is 0 Å². The molecular formula is C4HCl2F7O. The fourth-order valence-electron chi connectivity index (χ4n) is 0.417. The molecule has 10 heteroatoms. The number of alkyl halides is 9. The summed E-state index contributed by atoms with van der Waals surface area (Å²) in [5.41, 5.74) is 0. The van der Waals surface area contributed by atoms with Crippen molar-refractivity contribution >= 4 is 23.2 Å². The van der Waals surface area contributed by atoms with Crippen molar-refractivity contribution in [2.45, 2.75) is 23.2 Å². The molecule has 0 saturated carbocycles. The lowest BCUT2D eigenvalue weighted by molar-refractivity contribution is -0.429. The second-order valence-electron chi connectivity index (χ2n) is 1.97. The molecule has 0 aliphatic heterocycles. The summed E-state index contributed by atoms with van der Waals surface area (Å²) < 4.78 is 84.9. The summed E-state index contributed by atoms with van der Waals surface area (Å²) >= 11 is 8.95. The van der Waals surface area contributed by atoms with Crippen molar-refractivity contribution in [1.82, 2.24) is 0 Å². The molecule has 1 nitrogen and oxygen atoms in total. The molecule has 86 valence electrons. The number of hydrogen-bond acceptors (Lipinski definition) is 1. The predicted octanol–water partition coefficient (Wildman–Crippen LogP) is 3.55. The van der Waals surface area contributed by atoms with Gasteiger partial charge in [-0.1, -0.05) is 23.2 Å². The Morgan fingerprint density at radius 1 is 0.786 bits per heavy atom. The Labute approximate surface area is 82.7 Å². The van der Waals surface area contributed by atoms with Gasteiger partial charge in [0, 0.05) is 0 Å². The van der Waals surface area contributed by atoms with E-state index in [1.54, 1.807) is 0 Å². The van der Waals surface area contributed by atoms with Crippen LogP contribution in [0.2, 0.25) is 0 Å². The first kappa shape index (κ1) is 14.1. The fraction of sp³-hybridized carbons (Fsp3) is 1.00. The standard InChI is InChI=1S/C4HCl2F7O/c5-1(6)14-2(7,3(8,9)10)4(11,12)13/h1H. The summed E-state index contributed by atoms with van der Waals surface area (Å²) in [7, 11) is 0. The minimum absolute atomic E-state index is 2.59. The van der Waals surface area contributed by atoms with Crippen molar-refractivity contribution < 1.29 is 35.5 Å². The van der Waals surface area contributed by atoms with Gasteiger partial charge in [-0.15, -0.1) is 0 Å². The summed E-state index contributed by atoms with van der Waals surface area (Å²) in [4.78, 5) is 0. The average Bonchev–Trinajstić information content (AvgIpc) is 1.79. The van der Waals surface area contributed by atoms with Crippen LogP contribution in [0.1, 0.15) is 0 Å². The molecule has 0 amide bonds. The van der Waals surface area contributed by atoms with E-state index in [4.69, 9.17) is 0 Å². The normalized spacial score (nSPS) is 15.0. The number of rotatable bonds is 2. The zero-order chi connectivity index (χ0) is 11.8. The van der Waals surface area contributed by atoms with Crippen LogP contribution in [0.5, 0.6) is 0 Å². The lowest BCUT2D eigenvalue weighted by Gasteiger charge is -2.29. The van der Waals surface area contributed by atoms with Gasteiger partial charge in [-0.05, 0) is 0 Å². The Balaban J connectivity index is 5.07. The summed E-state index contributed by atoms with van der Waals surface area (Å²) in [5.74, 6) is -5.87. The molecule has 0 aromatic heterocycles. The third kappa shape index (κ3) is 2.77. The third-order valence-corrected chi connectivity index (χ3v) is 1.16. The van der Waals surface area contributed by atoms with Crippen molar-refractivity contribution in [3.8, 4) is 0 Å². The van der Waals surface area contributed by atoms with Crippen LogP contribution in [0.25, 0.3) is 0 Å². The van der Waals surface area contributed by atoms with E-state index in [1.165, 1.54) is 0 Å². The zero-order valence-corrected chi connectivity index (χ0v) is 7.40. The molecule has 0 aliphatic rings. The van der Waals surface area contributed by atoms with Gasteiger partial charge < -0.3 is 0 Å². The van der Waals surface area contributed by atoms with Crippen LogP contribution in [0.15, 0.2) is 0 Å². The molecule has 0 aliphatic carbocycles. The van der Waals surface area contributed by atoms with E-state index in [0.29, 0.717) is 0 Å². The van der Waals surface area contributed by atoms with Crippen molar-refractivity contribution in [2.75, 3.05) is 0 Å². The first-order chi connectivity index (χ1) is 5.92. The zero-order valence-electron chi connectivity index (χ0n) is 5.89. The van der Waals surface area contributed by atoms with Gasteiger partial charge in [-0.25, -0.2) is 0 Å². The summed E-state index contributed by atoms with van der Waals surface area (Å²) in [6, 6.07) is 0. The first-order valence-corrected chi connectivity index (χ1v) is 3.57. The highest BCUT2D eigenvalue weighted by Crippen LogP contribution is 2.48. The molecule has 0 spiro atoms. The molecule has 0 heterocycles. The summed E-state index contributed by atoms with van der Waals surface area (Å²) in [5, 5.41) is -2.59. The van der Waals surface area contributed by atoms with Gasteiger partial charge in [-0.3, -0.25) is 4.74 Å². The average molecular weight is 269 g/mol.